The average molecular weight is 342 g/mol. The molecular formula is C18H18N2O5. The first-order valence-corrected chi connectivity index (χ1v) is 7.98. The summed E-state index contributed by atoms with van der Waals surface area (Å²) in [4.78, 5) is 12.2. The maximum Gasteiger partial charge on any atom is 0.319 e. The van der Waals surface area contributed by atoms with Crippen LogP contribution in [0.25, 0.3) is 0 Å². The third-order valence-corrected chi connectivity index (χ3v) is 4.14. The Morgan fingerprint density at radius 1 is 1.08 bits per heavy atom. The van der Waals surface area contributed by atoms with E-state index in [9.17, 15) is 4.79 Å². The van der Waals surface area contributed by atoms with E-state index in [0.29, 0.717) is 30.2 Å². The van der Waals surface area contributed by atoms with Crippen LogP contribution in [-0.4, -0.2) is 32.6 Å². The van der Waals surface area contributed by atoms with Crippen LogP contribution in [0.5, 0.6) is 23.0 Å². The predicted octanol–water partition coefficient (Wildman–Crippen LogP) is 2.55. The second kappa shape index (κ2) is 6.43. The van der Waals surface area contributed by atoms with Crippen LogP contribution >= 0.6 is 0 Å². The Bertz CT molecular complexity index is 808. The van der Waals surface area contributed by atoms with Gasteiger partial charge in [0.15, 0.2) is 11.5 Å². The molecule has 0 aliphatic carbocycles. The van der Waals surface area contributed by atoms with Gasteiger partial charge in [-0.3, -0.25) is 0 Å². The van der Waals surface area contributed by atoms with Gasteiger partial charge in [0.25, 0.3) is 0 Å². The van der Waals surface area contributed by atoms with Crippen LogP contribution in [0.15, 0.2) is 36.4 Å². The molecule has 0 fully saturated rings. The number of anilines is 1. The number of ether oxygens (including phenoxy) is 4. The molecule has 0 radical (unpaired) electrons. The fourth-order valence-corrected chi connectivity index (χ4v) is 2.92. The number of hydrogen-bond acceptors (Lipinski definition) is 5. The zero-order valence-corrected chi connectivity index (χ0v) is 13.7. The van der Waals surface area contributed by atoms with Crippen molar-refractivity contribution in [2.24, 2.45) is 0 Å². The van der Waals surface area contributed by atoms with Gasteiger partial charge in [0.05, 0.1) is 13.2 Å². The Morgan fingerprint density at radius 3 is 2.80 bits per heavy atom. The van der Waals surface area contributed by atoms with Crippen molar-refractivity contribution in [1.82, 2.24) is 5.32 Å². The summed E-state index contributed by atoms with van der Waals surface area (Å²) in [5.74, 6) is 2.90. The van der Waals surface area contributed by atoms with E-state index < -0.39 is 0 Å². The fourth-order valence-electron chi connectivity index (χ4n) is 2.92. The summed E-state index contributed by atoms with van der Waals surface area (Å²) in [6.07, 6.45) is 0.682. The molecule has 4 rings (SSSR count). The summed E-state index contributed by atoms with van der Waals surface area (Å²) in [7, 11) is 1.62. The topological polar surface area (TPSA) is 78.1 Å². The van der Waals surface area contributed by atoms with E-state index in [4.69, 9.17) is 18.9 Å². The Morgan fingerprint density at radius 2 is 1.92 bits per heavy atom. The number of carbonyl (C=O) groups is 1. The van der Waals surface area contributed by atoms with Crippen LogP contribution in [0, 0.1) is 0 Å². The maximum absolute atomic E-state index is 12.2. The standard InChI is InChI=1S/C18H18N2O5/c1-22-14-3-5-15-11(7-14)6-13(9-23-15)20-18(21)19-12-2-4-16-17(8-12)25-10-24-16/h2-5,7-8,13H,6,9-10H2,1H3,(H2,19,20,21)/t13-/m0/s1. The SMILES string of the molecule is COc1ccc2c(c1)C[C@H](NC(=O)Nc1ccc3c(c1)OCO3)CO2. The lowest BCUT2D eigenvalue weighted by atomic mass is 10.0. The van der Waals surface area contributed by atoms with Crippen molar-refractivity contribution in [3.05, 3.63) is 42.0 Å². The minimum absolute atomic E-state index is 0.117. The van der Waals surface area contributed by atoms with Crippen LogP contribution in [0.4, 0.5) is 10.5 Å². The summed E-state index contributed by atoms with van der Waals surface area (Å²) < 4.78 is 21.5. The molecule has 2 aliphatic rings. The Hall–Kier alpha value is -3.09. The van der Waals surface area contributed by atoms with Crippen molar-refractivity contribution in [2.75, 3.05) is 25.8 Å². The Balaban J connectivity index is 1.38. The monoisotopic (exact) mass is 342 g/mol. The lowest BCUT2D eigenvalue weighted by Gasteiger charge is -2.26. The summed E-state index contributed by atoms with van der Waals surface area (Å²) >= 11 is 0. The summed E-state index contributed by atoms with van der Waals surface area (Å²) in [6.45, 7) is 0.626. The van der Waals surface area contributed by atoms with Crippen LogP contribution < -0.4 is 29.6 Å². The van der Waals surface area contributed by atoms with Gasteiger partial charge in [-0.25, -0.2) is 4.79 Å². The first-order valence-electron chi connectivity index (χ1n) is 7.98. The number of benzene rings is 2. The van der Waals surface area contributed by atoms with Gasteiger partial charge >= 0.3 is 6.03 Å². The summed E-state index contributed by atoms with van der Waals surface area (Å²) in [5, 5.41) is 5.73. The fraction of sp³-hybridized carbons (Fsp3) is 0.278. The third-order valence-electron chi connectivity index (χ3n) is 4.14. The molecule has 2 aromatic rings. The first kappa shape index (κ1) is 15.4. The molecule has 2 amide bonds. The predicted molar refractivity (Wildman–Crippen MR) is 90.7 cm³/mol. The highest BCUT2D eigenvalue weighted by molar-refractivity contribution is 5.90. The molecule has 7 heteroatoms. The number of urea groups is 1. The van der Waals surface area contributed by atoms with Gasteiger partial charge in [-0.15, -0.1) is 0 Å². The van der Waals surface area contributed by atoms with E-state index in [2.05, 4.69) is 10.6 Å². The summed E-state index contributed by atoms with van der Waals surface area (Å²) in [5.41, 5.74) is 1.65. The van der Waals surface area contributed by atoms with Gasteiger partial charge in [0.2, 0.25) is 6.79 Å². The molecule has 0 aromatic heterocycles. The van der Waals surface area contributed by atoms with Crippen molar-refractivity contribution in [1.29, 1.82) is 0 Å². The van der Waals surface area contributed by atoms with Gasteiger partial charge in [0.1, 0.15) is 18.1 Å². The molecule has 25 heavy (non-hydrogen) atoms. The molecule has 7 nitrogen and oxygen atoms in total. The lowest BCUT2D eigenvalue weighted by Crippen LogP contribution is -2.44. The number of nitrogens with one attached hydrogen (secondary N) is 2. The van der Waals surface area contributed by atoms with Gasteiger partial charge in [-0.1, -0.05) is 0 Å². The number of rotatable bonds is 3. The van der Waals surface area contributed by atoms with E-state index in [-0.39, 0.29) is 18.9 Å². The zero-order valence-electron chi connectivity index (χ0n) is 13.7. The van der Waals surface area contributed by atoms with Gasteiger partial charge in [-0.05, 0) is 42.3 Å². The third kappa shape index (κ3) is 3.26. The molecule has 0 saturated carbocycles. The van der Waals surface area contributed by atoms with E-state index >= 15 is 0 Å². The molecule has 0 unspecified atom stereocenters. The number of methoxy groups -OCH3 is 1. The molecule has 130 valence electrons. The molecule has 1 atom stereocenters. The molecule has 0 saturated heterocycles. The van der Waals surface area contributed by atoms with E-state index in [0.717, 1.165) is 17.1 Å². The van der Waals surface area contributed by atoms with Gasteiger partial charge in [-0.2, -0.15) is 0 Å². The van der Waals surface area contributed by atoms with Crippen LogP contribution in [0.3, 0.4) is 0 Å². The highest BCUT2D eigenvalue weighted by atomic mass is 16.7. The van der Waals surface area contributed by atoms with Gasteiger partial charge in [0, 0.05) is 11.8 Å². The van der Waals surface area contributed by atoms with E-state index in [1.165, 1.54) is 0 Å². The molecule has 2 aromatic carbocycles. The van der Waals surface area contributed by atoms with Crippen molar-refractivity contribution in [3.8, 4) is 23.0 Å². The quantitative estimate of drug-likeness (QED) is 0.896. The van der Waals surface area contributed by atoms with Crippen molar-refractivity contribution < 1.29 is 23.7 Å². The second-order valence-corrected chi connectivity index (χ2v) is 5.85. The van der Waals surface area contributed by atoms with Gasteiger partial charge < -0.3 is 29.6 Å². The number of hydrogen-bond donors (Lipinski definition) is 2. The largest absolute Gasteiger partial charge is 0.497 e. The number of carbonyl (C=O) groups excluding carboxylic acids is 1. The maximum atomic E-state index is 12.2. The van der Waals surface area contributed by atoms with Crippen LogP contribution in [0.1, 0.15) is 5.56 Å². The normalized spacial score (nSPS) is 17.2. The van der Waals surface area contributed by atoms with Crippen LogP contribution in [0.2, 0.25) is 0 Å². The van der Waals surface area contributed by atoms with Crippen LogP contribution in [-0.2, 0) is 6.42 Å². The van der Waals surface area contributed by atoms with Crippen molar-refractivity contribution >= 4 is 11.7 Å². The molecule has 2 heterocycles. The number of amides is 2. The highest BCUT2D eigenvalue weighted by Gasteiger charge is 2.22. The smallest absolute Gasteiger partial charge is 0.319 e. The minimum Gasteiger partial charge on any atom is -0.497 e. The minimum atomic E-state index is -0.293. The highest BCUT2D eigenvalue weighted by Crippen LogP contribution is 2.34. The first-order chi connectivity index (χ1) is 12.2. The number of fused-ring (bicyclic) bond motifs is 2. The molecule has 2 aliphatic heterocycles. The van der Waals surface area contributed by atoms with Crippen molar-refractivity contribution in [3.63, 3.8) is 0 Å². The van der Waals surface area contributed by atoms with E-state index in [1.807, 2.05) is 18.2 Å². The summed E-state index contributed by atoms with van der Waals surface area (Å²) in [6, 6.07) is 10.5. The lowest BCUT2D eigenvalue weighted by molar-refractivity contribution is 0.174. The molecule has 2 N–H and O–H groups in total. The average Bonchev–Trinajstić information content (AvgIpc) is 3.08. The van der Waals surface area contributed by atoms with E-state index in [1.54, 1.807) is 25.3 Å². The van der Waals surface area contributed by atoms with Crippen molar-refractivity contribution in [2.45, 2.75) is 12.5 Å². The second-order valence-electron chi connectivity index (χ2n) is 5.85. The molecular weight excluding hydrogens is 324 g/mol. The zero-order chi connectivity index (χ0) is 17.2. The Labute approximate surface area is 144 Å². The molecule has 0 spiro atoms. The Kier molecular flexibility index (Phi) is 3.97. The molecule has 0 bridgehead atoms.